The Labute approximate surface area is 226 Å². The number of ether oxygens (including phenoxy) is 1. The average Bonchev–Trinajstić information content (AvgIpc) is 2.91. The number of carbonyl (C=O) groups is 1. The Morgan fingerprint density at radius 1 is 0.780 bits per heavy atom. The molecule has 0 radical (unpaired) electrons. The van der Waals surface area contributed by atoms with Gasteiger partial charge in [-0.15, -0.1) is 0 Å². The van der Waals surface area contributed by atoms with Gasteiger partial charge < -0.3 is 4.74 Å². The number of nitrogens with zero attached hydrogens (tertiary/aromatic N) is 1. The molecule has 0 N–H and O–H groups in total. The van der Waals surface area contributed by atoms with Crippen LogP contribution in [0.1, 0.15) is 54.9 Å². The normalized spacial score (nSPS) is 13.5. The zero-order valence-corrected chi connectivity index (χ0v) is 21.4. The van der Waals surface area contributed by atoms with E-state index in [-0.39, 0.29) is 0 Å². The minimum Gasteiger partial charge on any atom is -0.455 e. The van der Waals surface area contributed by atoms with E-state index in [1.807, 2.05) is 6.07 Å². The molecule has 230 valence electrons. The summed E-state index contributed by atoms with van der Waals surface area (Å²) in [5, 5.41) is 0. The number of pyridine rings is 1. The van der Waals surface area contributed by atoms with E-state index >= 15 is 0 Å². The topological polar surface area (TPSA) is 39.2 Å². The summed E-state index contributed by atoms with van der Waals surface area (Å²) < 4.78 is 163. The first-order valence-corrected chi connectivity index (χ1v) is 12.2. The van der Waals surface area contributed by atoms with E-state index in [0.717, 1.165) is 56.2 Å². The van der Waals surface area contributed by atoms with Gasteiger partial charge in [-0.2, -0.15) is 43.9 Å². The fourth-order valence-corrected chi connectivity index (χ4v) is 3.56. The molecule has 0 saturated heterocycles. The van der Waals surface area contributed by atoms with E-state index in [2.05, 4.69) is 16.6 Å². The van der Waals surface area contributed by atoms with Gasteiger partial charge in [0, 0.05) is 11.8 Å². The van der Waals surface area contributed by atoms with Gasteiger partial charge in [-0.05, 0) is 36.6 Å². The van der Waals surface area contributed by atoms with E-state index in [1.54, 1.807) is 12.3 Å². The summed E-state index contributed by atoms with van der Waals surface area (Å²) in [4.78, 5) is 16.3. The van der Waals surface area contributed by atoms with Gasteiger partial charge in [-0.25, -0.2) is 13.6 Å². The molecule has 0 aliphatic heterocycles. The van der Waals surface area contributed by atoms with Gasteiger partial charge in [0.1, 0.15) is 0 Å². The zero-order chi connectivity index (χ0) is 31.3. The summed E-state index contributed by atoms with van der Waals surface area (Å²) in [6.07, 6.45) is 2.28. The van der Waals surface area contributed by atoms with Gasteiger partial charge in [0.15, 0.2) is 6.61 Å². The van der Waals surface area contributed by atoms with Gasteiger partial charge in [-0.1, -0.05) is 50.8 Å². The van der Waals surface area contributed by atoms with Gasteiger partial charge in [0.25, 0.3) is 0 Å². The molecule has 1 heterocycles. The molecule has 2 rings (SSSR count). The van der Waals surface area contributed by atoms with Gasteiger partial charge in [0.05, 0.1) is 11.3 Å². The first kappa shape index (κ1) is 34.2. The minimum absolute atomic E-state index is 0.426. The Morgan fingerprint density at radius 2 is 1.37 bits per heavy atom. The van der Waals surface area contributed by atoms with E-state index in [4.69, 9.17) is 0 Å². The van der Waals surface area contributed by atoms with Crippen LogP contribution in [0, 0.1) is 0 Å². The molecule has 0 spiro atoms. The number of aryl methyl sites for hydroxylation is 1. The number of unbranched alkanes of at least 4 members (excludes halogenated alkanes) is 4. The van der Waals surface area contributed by atoms with Crippen molar-refractivity contribution in [2.24, 2.45) is 0 Å². The van der Waals surface area contributed by atoms with Crippen LogP contribution in [0.3, 0.4) is 0 Å². The number of esters is 1. The van der Waals surface area contributed by atoms with Crippen LogP contribution in [0.5, 0.6) is 0 Å². The Bertz CT molecular complexity index is 1140. The Kier molecular flexibility index (Phi) is 10.8. The monoisotopic (exact) mass is 611 g/mol. The maximum absolute atomic E-state index is 13.9. The lowest BCUT2D eigenvalue weighted by molar-refractivity contribution is -0.414. The van der Waals surface area contributed by atoms with E-state index in [1.165, 1.54) is 12.1 Å². The number of hydrogen-bond acceptors (Lipinski definition) is 3. The van der Waals surface area contributed by atoms with Crippen LogP contribution in [0.2, 0.25) is 0 Å². The Hall–Kier alpha value is -3.00. The number of hydrogen-bond donors (Lipinski definition) is 0. The van der Waals surface area contributed by atoms with Crippen molar-refractivity contribution < 1.29 is 62.2 Å². The lowest BCUT2D eigenvalue weighted by Crippen LogP contribution is -2.69. The predicted molar refractivity (Wildman–Crippen MR) is 123 cm³/mol. The first-order chi connectivity index (χ1) is 18.8. The van der Waals surface area contributed by atoms with Gasteiger partial charge >= 0.3 is 42.0 Å². The largest absolute Gasteiger partial charge is 0.455 e. The fourth-order valence-electron chi connectivity index (χ4n) is 3.56. The summed E-state index contributed by atoms with van der Waals surface area (Å²) in [5.41, 5.74) is 1.28. The van der Waals surface area contributed by atoms with Crippen LogP contribution in [0.15, 0.2) is 42.6 Å². The second-order valence-electron chi connectivity index (χ2n) is 9.22. The summed E-state index contributed by atoms with van der Waals surface area (Å²) >= 11 is 0. The summed E-state index contributed by atoms with van der Waals surface area (Å²) in [6.45, 7) is -0.861. The van der Waals surface area contributed by atoms with E-state index in [9.17, 15) is 57.5 Å². The molecule has 1 aromatic carbocycles. The van der Waals surface area contributed by atoms with Crippen LogP contribution in [0.25, 0.3) is 11.3 Å². The fraction of sp³-hybridized carbons (Fsp3) is 0.538. The van der Waals surface area contributed by atoms with Crippen LogP contribution < -0.4 is 0 Å². The molecule has 0 unspecified atom stereocenters. The van der Waals surface area contributed by atoms with Crippen molar-refractivity contribution in [2.45, 2.75) is 81.5 Å². The predicted octanol–water partition coefficient (Wildman–Crippen LogP) is 8.86. The highest BCUT2D eigenvalue weighted by Gasteiger charge is 2.87. The summed E-state index contributed by atoms with van der Waals surface area (Å²) in [5.74, 6) is -37.9. The smallest absolute Gasteiger partial charge is 0.384 e. The van der Waals surface area contributed by atoms with Crippen molar-refractivity contribution in [3.05, 3.63) is 53.7 Å². The molecular weight excluding hydrogens is 586 g/mol. The maximum atomic E-state index is 13.9. The molecule has 0 atom stereocenters. The third-order valence-electron chi connectivity index (χ3n) is 6.14. The van der Waals surface area contributed by atoms with Crippen molar-refractivity contribution in [1.29, 1.82) is 0 Å². The number of alkyl halides is 12. The Morgan fingerprint density at radius 3 is 1.88 bits per heavy atom. The van der Waals surface area contributed by atoms with Gasteiger partial charge in [-0.3, -0.25) is 4.98 Å². The molecule has 15 heteroatoms. The quantitative estimate of drug-likeness (QED) is 0.115. The molecule has 2 aromatic rings. The van der Waals surface area contributed by atoms with Crippen LogP contribution in [-0.4, -0.2) is 53.6 Å². The highest BCUT2D eigenvalue weighted by Crippen LogP contribution is 2.58. The SMILES string of the molecule is CCCCCCCc1ccc(-c2ccc(C(=O)OCC(F)(F)C(F)(F)C(F)(F)C(F)(F)C(F)(F)C(F)F)cc2)nc1. The molecule has 0 aliphatic carbocycles. The third-order valence-corrected chi connectivity index (χ3v) is 6.14. The molecule has 1 aromatic heterocycles. The average molecular weight is 611 g/mol. The zero-order valence-electron chi connectivity index (χ0n) is 21.4. The maximum Gasteiger partial charge on any atom is 0.384 e. The van der Waals surface area contributed by atoms with Crippen molar-refractivity contribution >= 4 is 5.97 Å². The summed E-state index contributed by atoms with van der Waals surface area (Å²) in [6, 6.07) is 7.97. The highest BCUT2D eigenvalue weighted by molar-refractivity contribution is 5.90. The van der Waals surface area contributed by atoms with Crippen molar-refractivity contribution in [3.63, 3.8) is 0 Å². The first-order valence-electron chi connectivity index (χ1n) is 12.2. The second kappa shape index (κ2) is 12.9. The Balaban J connectivity index is 2.07. The lowest BCUT2D eigenvalue weighted by Gasteiger charge is -2.38. The number of benzene rings is 1. The highest BCUT2D eigenvalue weighted by atomic mass is 19.4. The standard InChI is InChI=1S/C26H25F12NO2/c1-2-3-4-5-6-7-16-8-13-19(39-14-16)17-9-11-18(12-10-17)20(40)41-15-22(29,30)24(33,34)26(37,38)25(35,36)23(31,32)21(27)28/h8-14,21H,2-7,15H2,1H3. The van der Waals surface area contributed by atoms with E-state index in [0.29, 0.717) is 11.3 Å². The van der Waals surface area contributed by atoms with Crippen molar-refractivity contribution in [2.75, 3.05) is 6.61 Å². The lowest BCUT2D eigenvalue weighted by atomic mass is 9.94. The van der Waals surface area contributed by atoms with Crippen LogP contribution >= 0.6 is 0 Å². The molecular formula is C26H25F12NO2. The van der Waals surface area contributed by atoms with Gasteiger partial charge in [0.2, 0.25) is 0 Å². The second-order valence-corrected chi connectivity index (χ2v) is 9.22. The number of carbonyl (C=O) groups excluding carboxylic acids is 1. The van der Waals surface area contributed by atoms with Crippen LogP contribution in [-0.2, 0) is 11.2 Å². The minimum atomic E-state index is -7.69. The van der Waals surface area contributed by atoms with Crippen LogP contribution in [0.4, 0.5) is 52.7 Å². The van der Waals surface area contributed by atoms with Crippen molar-refractivity contribution in [3.8, 4) is 11.3 Å². The molecule has 3 nitrogen and oxygen atoms in total. The molecule has 0 saturated carbocycles. The molecule has 0 aliphatic rings. The molecule has 0 amide bonds. The number of aromatic nitrogens is 1. The molecule has 0 fully saturated rings. The van der Waals surface area contributed by atoms with Crippen molar-refractivity contribution in [1.82, 2.24) is 4.98 Å². The van der Waals surface area contributed by atoms with E-state index < -0.39 is 54.2 Å². The number of halogens is 12. The summed E-state index contributed by atoms with van der Waals surface area (Å²) in [7, 11) is 0. The molecule has 41 heavy (non-hydrogen) atoms. The third kappa shape index (κ3) is 7.08. The molecule has 0 bridgehead atoms. The number of rotatable bonds is 15.